The van der Waals surface area contributed by atoms with Crippen molar-refractivity contribution in [2.24, 2.45) is 0 Å². The molecule has 3 rings (SSSR count). The summed E-state index contributed by atoms with van der Waals surface area (Å²) in [6.07, 6.45) is 3.09. The largest absolute Gasteiger partial charge is 0.497 e. The van der Waals surface area contributed by atoms with E-state index in [-0.39, 0.29) is 12.1 Å². The number of ether oxygens (including phenoxy) is 1. The van der Waals surface area contributed by atoms with Crippen molar-refractivity contribution in [2.45, 2.75) is 25.0 Å². The fourth-order valence-electron chi connectivity index (χ4n) is 2.78. The van der Waals surface area contributed by atoms with E-state index in [2.05, 4.69) is 10.3 Å². The second kappa shape index (κ2) is 5.46. The van der Waals surface area contributed by atoms with E-state index in [0.717, 1.165) is 13.0 Å². The number of benzene rings is 1. The van der Waals surface area contributed by atoms with E-state index in [1.54, 1.807) is 25.3 Å². The van der Waals surface area contributed by atoms with Gasteiger partial charge < -0.3 is 15.2 Å². The second-order valence-electron chi connectivity index (χ2n) is 5.57. The average molecular weight is 289 g/mol. The average Bonchev–Trinajstić information content (AvgIpc) is 2.50. The van der Waals surface area contributed by atoms with Gasteiger partial charge >= 0.3 is 0 Å². The number of fused-ring (bicyclic) bond motifs is 1. The molecule has 1 aromatic carbocycles. The van der Waals surface area contributed by atoms with Crippen LogP contribution in [0.4, 0.5) is 0 Å². The molecule has 0 aliphatic carbocycles. The van der Waals surface area contributed by atoms with Crippen molar-refractivity contribution >= 4 is 10.9 Å². The Balaban J connectivity index is 1.99. The van der Waals surface area contributed by atoms with Crippen LogP contribution in [0.2, 0.25) is 0 Å². The quantitative estimate of drug-likeness (QED) is 0.861. The first-order valence-corrected chi connectivity index (χ1v) is 7.08. The predicted octanol–water partition coefficient (Wildman–Crippen LogP) is 0.520. The molecule has 0 radical (unpaired) electrons. The van der Waals surface area contributed by atoms with Gasteiger partial charge in [0.15, 0.2) is 0 Å². The molecule has 1 aliphatic rings. The fourth-order valence-corrected chi connectivity index (χ4v) is 2.78. The lowest BCUT2D eigenvalue weighted by molar-refractivity contribution is -0.000246. The first kappa shape index (κ1) is 14.0. The molecule has 0 amide bonds. The third kappa shape index (κ3) is 2.77. The van der Waals surface area contributed by atoms with Crippen molar-refractivity contribution in [3.63, 3.8) is 0 Å². The summed E-state index contributed by atoms with van der Waals surface area (Å²) in [6.45, 7) is 1.65. The Bertz CT molecular complexity index is 705. The lowest BCUT2D eigenvalue weighted by atomic mass is 9.94. The monoisotopic (exact) mass is 289 g/mol. The highest BCUT2D eigenvalue weighted by Crippen LogP contribution is 2.19. The number of piperidine rings is 1. The Morgan fingerprint density at radius 3 is 3.10 bits per heavy atom. The fraction of sp³-hybridized carbons (Fsp3) is 0.467. The van der Waals surface area contributed by atoms with Gasteiger partial charge in [-0.15, -0.1) is 0 Å². The lowest BCUT2D eigenvalue weighted by Crippen LogP contribution is -2.49. The number of nitrogens with zero attached hydrogens (tertiary/aromatic N) is 2. The summed E-state index contributed by atoms with van der Waals surface area (Å²) in [5, 5.41) is 14.2. The molecule has 2 heterocycles. The summed E-state index contributed by atoms with van der Waals surface area (Å²) >= 11 is 0. The van der Waals surface area contributed by atoms with Crippen LogP contribution in [0.5, 0.6) is 5.75 Å². The van der Waals surface area contributed by atoms with E-state index in [1.165, 1.54) is 10.9 Å². The van der Waals surface area contributed by atoms with Crippen LogP contribution < -0.4 is 15.6 Å². The smallest absolute Gasteiger partial charge is 0.261 e. The summed E-state index contributed by atoms with van der Waals surface area (Å²) in [4.78, 5) is 16.8. The highest BCUT2D eigenvalue weighted by Gasteiger charge is 2.30. The SMILES string of the molecule is COc1ccc2ncn(CC3(O)CCCNC3)c(=O)c2c1. The summed E-state index contributed by atoms with van der Waals surface area (Å²) in [5.41, 5.74) is -0.417. The van der Waals surface area contributed by atoms with Gasteiger partial charge in [0.2, 0.25) is 0 Å². The number of hydrogen-bond donors (Lipinski definition) is 2. The van der Waals surface area contributed by atoms with Crippen molar-refractivity contribution in [1.29, 1.82) is 0 Å². The zero-order chi connectivity index (χ0) is 14.9. The number of hydrogen-bond acceptors (Lipinski definition) is 5. The van der Waals surface area contributed by atoms with E-state index in [1.807, 2.05) is 0 Å². The maximum atomic E-state index is 12.5. The summed E-state index contributed by atoms with van der Waals surface area (Å²) in [7, 11) is 1.56. The molecular formula is C15H19N3O3. The Kier molecular flexibility index (Phi) is 3.65. The molecule has 2 aromatic rings. The zero-order valence-electron chi connectivity index (χ0n) is 12.0. The second-order valence-corrected chi connectivity index (χ2v) is 5.57. The normalized spacial score (nSPS) is 22.4. The van der Waals surface area contributed by atoms with E-state index in [9.17, 15) is 9.90 Å². The minimum Gasteiger partial charge on any atom is -0.497 e. The van der Waals surface area contributed by atoms with Gasteiger partial charge in [-0.1, -0.05) is 0 Å². The van der Waals surface area contributed by atoms with Crippen molar-refractivity contribution in [1.82, 2.24) is 14.9 Å². The zero-order valence-corrected chi connectivity index (χ0v) is 12.0. The van der Waals surface area contributed by atoms with Gasteiger partial charge in [-0.3, -0.25) is 9.36 Å². The number of nitrogens with one attached hydrogen (secondary N) is 1. The molecule has 1 saturated heterocycles. The van der Waals surface area contributed by atoms with Crippen LogP contribution in [0.25, 0.3) is 10.9 Å². The third-order valence-corrected chi connectivity index (χ3v) is 3.95. The van der Waals surface area contributed by atoms with Crippen LogP contribution in [-0.4, -0.2) is 40.5 Å². The number of β-amino-alcohol motifs (C(OH)–C–C–N with tert-alkyl or cyclic N) is 1. The van der Waals surface area contributed by atoms with Crippen molar-refractivity contribution in [2.75, 3.05) is 20.2 Å². The highest BCUT2D eigenvalue weighted by molar-refractivity contribution is 5.78. The summed E-state index contributed by atoms with van der Waals surface area (Å²) in [6, 6.07) is 5.22. The van der Waals surface area contributed by atoms with Crippen molar-refractivity contribution in [3.8, 4) is 5.75 Å². The van der Waals surface area contributed by atoms with Gasteiger partial charge in [0.25, 0.3) is 5.56 Å². The Morgan fingerprint density at radius 2 is 2.38 bits per heavy atom. The third-order valence-electron chi connectivity index (χ3n) is 3.95. The Labute approximate surface area is 122 Å². The molecule has 2 N–H and O–H groups in total. The van der Waals surface area contributed by atoms with Gasteiger partial charge in [0.05, 0.1) is 36.5 Å². The first-order chi connectivity index (χ1) is 10.1. The molecule has 1 unspecified atom stereocenters. The maximum absolute atomic E-state index is 12.5. The minimum absolute atomic E-state index is 0.155. The van der Waals surface area contributed by atoms with Gasteiger partial charge in [-0.25, -0.2) is 4.98 Å². The van der Waals surface area contributed by atoms with Gasteiger partial charge in [0, 0.05) is 6.54 Å². The Hall–Kier alpha value is -1.92. The molecule has 1 aromatic heterocycles. The molecule has 0 saturated carbocycles. The number of aliphatic hydroxyl groups is 1. The number of methoxy groups -OCH3 is 1. The molecular weight excluding hydrogens is 270 g/mol. The van der Waals surface area contributed by atoms with Gasteiger partial charge in [0.1, 0.15) is 5.75 Å². The van der Waals surface area contributed by atoms with E-state index in [4.69, 9.17) is 4.74 Å². The maximum Gasteiger partial charge on any atom is 0.261 e. The summed E-state index contributed by atoms with van der Waals surface area (Å²) in [5.74, 6) is 0.622. The van der Waals surface area contributed by atoms with E-state index >= 15 is 0 Å². The number of aromatic nitrogens is 2. The van der Waals surface area contributed by atoms with Crippen LogP contribution in [0.15, 0.2) is 29.3 Å². The molecule has 1 aliphatic heterocycles. The van der Waals surface area contributed by atoms with Crippen LogP contribution in [0.3, 0.4) is 0 Å². The van der Waals surface area contributed by atoms with E-state index in [0.29, 0.717) is 29.6 Å². The highest BCUT2D eigenvalue weighted by atomic mass is 16.5. The molecule has 21 heavy (non-hydrogen) atoms. The van der Waals surface area contributed by atoms with Crippen molar-refractivity contribution in [3.05, 3.63) is 34.9 Å². The summed E-state index contributed by atoms with van der Waals surface area (Å²) < 4.78 is 6.63. The molecule has 0 spiro atoms. The van der Waals surface area contributed by atoms with Crippen LogP contribution in [-0.2, 0) is 6.54 Å². The minimum atomic E-state index is -0.893. The van der Waals surface area contributed by atoms with Crippen LogP contribution >= 0.6 is 0 Å². The molecule has 1 atom stereocenters. The van der Waals surface area contributed by atoms with Gasteiger partial charge in [-0.05, 0) is 37.6 Å². The number of rotatable bonds is 3. The molecule has 6 nitrogen and oxygen atoms in total. The van der Waals surface area contributed by atoms with Crippen LogP contribution in [0, 0.1) is 0 Å². The molecule has 1 fully saturated rings. The first-order valence-electron chi connectivity index (χ1n) is 7.08. The molecule has 112 valence electrons. The van der Waals surface area contributed by atoms with Gasteiger partial charge in [-0.2, -0.15) is 0 Å². The Morgan fingerprint density at radius 1 is 1.52 bits per heavy atom. The van der Waals surface area contributed by atoms with E-state index < -0.39 is 5.60 Å². The van der Waals surface area contributed by atoms with Crippen LogP contribution in [0.1, 0.15) is 12.8 Å². The predicted molar refractivity (Wildman–Crippen MR) is 79.6 cm³/mol. The standard InChI is InChI=1S/C15H19N3O3/c1-21-11-3-4-13-12(7-11)14(19)18(10-17-13)9-15(20)5-2-6-16-8-15/h3-4,7,10,16,20H,2,5-6,8-9H2,1H3. The molecule has 6 heteroatoms. The van der Waals surface area contributed by atoms with Crippen molar-refractivity contribution < 1.29 is 9.84 Å². The topological polar surface area (TPSA) is 76.4 Å². The molecule has 0 bridgehead atoms. The lowest BCUT2D eigenvalue weighted by Gasteiger charge is -2.32.